The van der Waals surface area contributed by atoms with Crippen LogP contribution in [0.25, 0.3) is 0 Å². The SMILES string of the molecule is Cc1cc(C(C#N)c2cc[nH]c2)ccc1F. The number of hydrogen-bond acceptors (Lipinski definition) is 1. The van der Waals surface area contributed by atoms with Gasteiger partial charge in [0.25, 0.3) is 0 Å². The number of hydrogen-bond donors (Lipinski definition) is 1. The Bertz CT molecular complexity index is 523. The summed E-state index contributed by atoms with van der Waals surface area (Å²) in [6, 6.07) is 8.86. The Morgan fingerprint density at radius 2 is 2.12 bits per heavy atom. The second-order valence-corrected chi connectivity index (χ2v) is 3.72. The second-order valence-electron chi connectivity index (χ2n) is 3.72. The zero-order valence-corrected chi connectivity index (χ0v) is 8.87. The molecule has 1 aromatic heterocycles. The molecule has 2 rings (SSSR count). The molecule has 0 aliphatic rings. The number of H-pyrrole nitrogens is 1. The van der Waals surface area contributed by atoms with Crippen molar-refractivity contribution in [3.63, 3.8) is 0 Å². The number of rotatable bonds is 2. The van der Waals surface area contributed by atoms with Crippen LogP contribution >= 0.6 is 0 Å². The van der Waals surface area contributed by atoms with E-state index in [0.29, 0.717) is 5.56 Å². The highest BCUT2D eigenvalue weighted by Gasteiger charge is 2.14. The molecule has 1 heterocycles. The molecule has 3 heteroatoms. The summed E-state index contributed by atoms with van der Waals surface area (Å²) in [4.78, 5) is 2.92. The molecule has 16 heavy (non-hydrogen) atoms. The first-order valence-electron chi connectivity index (χ1n) is 5.00. The summed E-state index contributed by atoms with van der Waals surface area (Å²) in [6.07, 6.45) is 3.56. The quantitative estimate of drug-likeness (QED) is 0.819. The van der Waals surface area contributed by atoms with Crippen LogP contribution in [0.3, 0.4) is 0 Å². The normalized spacial score (nSPS) is 12.1. The van der Waals surface area contributed by atoms with Gasteiger partial charge < -0.3 is 4.98 Å². The maximum absolute atomic E-state index is 13.1. The first-order valence-corrected chi connectivity index (χ1v) is 5.00. The van der Waals surface area contributed by atoms with Crippen molar-refractivity contribution in [2.75, 3.05) is 0 Å². The minimum atomic E-state index is -0.342. The lowest BCUT2D eigenvalue weighted by molar-refractivity contribution is 0.617. The molecule has 1 atom stereocenters. The van der Waals surface area contributed by atoms with Crippen LogP contribution in [0.15, 0.2) is 36.7 Å². The number of nitrogens with one attached hydrogen (secondary N) is 1. The van der Waals surface area contributed by atoms with Gasteiger partial charge in [0.2, 0.25) is 0 Å². The molecule has 0 spiro atoms. The lowest BCUT2D eigenvalue weighted by Gasteiger charge is -2.08. The molecule has 2 nitrogen and oxygen atoms in total. The Kier molecular flexibility index (Phi) is 2.74. The fraction of sp³-hybridized carbons (Fsp3) is 0.154. The molecule has 0 saturated heterocycles. The predicted octanol–water partition coefficient (Wildman–Crippen LogP) is 3.12. The average molecular weight is 214 g/mol. The van der Waals surface area contributed by atoms with Crippen LogP contribution in [-0.2, 0) is 0 Å². The van der Waals surface area contributed by atoms with Crippen LogP contribution in [0.4, 0.5) is 4.39 Å². The van der Waals surface area contributed by atoms with Crippen molar-refractivity contribution < 1.29 is 4.39 Å². The van der Waals surface area contributed by atoms with Gasteiger partial charge in [0.05, 0.1) is 12.0 Å². The molecular formula is C13H11FN2. The Balaban J connectivity index is 2.43. The minimum absolute atomic E-state index is 0.241. The van der Waals surface area contributed by atoms with Gasteiger partial charge in [-0.1, -0.05) is 12.1 Å². The predicted molar refractivity (Wildman–Crippen MR) is 59.4 cm³/mol. The molecule has 0 fully saturated rings. The van der Waals surface area contributed by atoms with E-state index in [0.717, 1.165) is 11.1 Å². The Morgan fingerprint density at radius 1 is 1.31 bits per heavy atom. The van der Waals surface area contributed by atoms with E-state index in [1.165, 1.54) is 6.07 Å². The van der Waals surface area contributed by atoms with E-state index in [1.54, 1.807) is 31.5 Å². The van der Waals surface area contributed by atoms with Gasteiger partial charge in [-0.3, -0.25) is 0 Å². The largest absolute Gasteiger partial charge is 0.367 e. The summed E-state index contributed by atoms with van der Waals surface area (Å²) in [5.41, 5.74) is 2.28. The fourth-order valence-electron chi connectivity index (χ4n) is 1.71. The van der Waals surface area contributed by atoms with Crippen molar-refractivity contribution in [1.82, 2.24) is 4.98 Å². The van der Waals surface area contributed by atoms with Crippen LogP contribution in [-0.4, -0.2) is 4.98 Å². The van der Waals surface area contributed by atoms with Crippen molar-refractivity contribution >= 4 is 0 Å². The summed E-state index contributed by atoms with van der Waals surface area (Å²) >= 11 is 0. The molecule has 0 bridgehead atoms. The van der Waals surface area contributed by atoms with E-state index in [2.05, 4.69) is 11.1 Å². The highest BCUT2D eigenvalue weighted by molar-refractivity contribution is 5.38. The lowest BCUT2D eigenvalue weighted by Crippen LogP contribution is -1.98. The monoisotopic (exact) mass is 214 g/mol. The van der Waals surface area contributed by atoms with Crippen molar-refractivity contribution in [1.29, 1.82) is 5.26 Å². The topological polar surface area (TPSA) is 39.6 Å². The molecule has 0 amide bonds. The highest BCUT2D eigenvalue weighted by Crippen LogP contribution is 2.24. The van der Waals surface area contributed by atoms with Gasteiger partial charge in [-0.15, -0.1) is 0 Å². The van der Waals surface area contributed by atoms with Gasteiger partial charge in [0, 0.05) is 12.4 Å². The molecule has 80 valence electrons. The number of benzene rings is 1. The number of aryl methyl sites for hydroxylation is 1. The number of aromatic amines is 1. The lowest BCUT2D eigenvalue weighted by atomic mass is 9.93. The fourth-order valence-corrected chi connectivity index (χ4v) is 1.71. The van der Waals surface area contributed by atoms with Crippen molar-refractivity contribution in [3.05, 3.63) is 59.2 Å². The van der Waals surface area contributed by atoms with E-state index >= 15 is 0 Å². The Morgan fingerprint density at radius 3 is 2.69 bits per heavy atom. The van der Waals surface area contributed by atoms with E-state index in [9.17, 15) is 4.39 Å². The standard InChI is InChI=1S/C13H11FN2/c1-9-6-10(2-3-13(9)14)12(7-15)11-4-5-16-8-11/h2-6,8,12,16H,1H3. The third-order valence-electron chi connectivity index (χ3n) is 2.60. The van der Waals surface area contributed by atoms with Crippen LogP contribution < -0.4 is 0 Å². The maximum Gasteiger partial charge on any atom is 0.126 e. The summed E-state index contributed by atoms with van der Waals surface area (Å²) in [5.74, 6) is -0.583. The minimum Gasteiger partial charge on any atom is -0.367 e. The van der Waals surface area contributed by atoms with Gasteiger partial charge in [-0.05, 0) is 35.7 Å². The van der Waals surface area contributed by atoms with Gasteiger partial charge in [-0.25, -0.2) is 4.39 Å². The number of nitrogens with zero attached hydrogens (tertiary/aromatic N) is 1. The van der Waals surface area contributed by atoms with Crippen LogP contribution in [0.2, 0.25) is 0 Å². The maximum atomic E-state index is 13.1. The Labute approximate surface area is 93.4 Å². The molecule has 0 radical (unpaired) electrons. The van der Waals surface area contributed by atoms with E-state index in [1.807, 2.05) is 6.07 Å². The van der Waals surface area contributed by atoms with Crippen LogP contribution in [0, 0.1) is 24.1 Å². The number of aromatic nitrogens is 1. The van der Waals surface area contributed by atoms with Crippen LogP contribution in [0.1, 0.15) is 22.6 Å². The van der Waals surface area contributed by atoms with Gasteiger partial charge in [0.15, 0.2) is 0 Å². The molecule has 2 aromatic rings. The van der Waals surface area contributed by atoms with Crippen molar-refractivity contribution in [2.45, 2.75) is 12.8 Å². The molecule has 1 aromatic carbocycles. The van der Waals surface area contributed by atoms with Crippen LogP contribution in [0.5, 0.6) is 0 Å². The molecule has 0 aliphatic heterocycles. The third-order valence-corrected chi connectivity index (χ3v) is 2.60. The molecule has 1 unspecified atom stereocenters. The van der Waals surface area contributed by atoms with E-state index < -0.39 is 0 Å². The second kappa shape index (κ2) is 4.19. The molecular weight excluding hydrogens is 203 g/mol. The summed E-state index contributed by atoms with van der Waals surface area (Å²) in [6.45, 7) is 1.70. The summed E-state index contributed by atoms with van der Waals surface area (Å²) in [7, 11) is 0. The van der Waals surface area contributed by atoms with Gasteiger partial charge in [-0.2, -0.15) is 5.26 Å². The highest BCUT2D eigenvalue weighted by atomic mass is 19.1. The van der Waals surface area contributed by atoms with Crippen molar-refractivity contribution in [3.8, 4) is 6.07 Å². The molecule has 0 saturated carbocycles. The number of halogens is 1. The first-order chi connectivity index (χ1) is 7.72. The molecule has 0 aliphatic carbocycles. The van der Waals surface area contributed by atoms with Gasteiger partial charge in [0.1, 0.15) is 5.82 Å². The van der Waals surface area contributed by atoms with E-state index in [-0.39, 0.29) is 11.7 Å². The smallest absolute Gasteiger partial charge is 0.126 e. The average Bonchev–Trinajstić information content (AvgIpc) is 2.78. The molecule has 1 N–H and O–H groups in total. The number of nitriles is 1. The summed E-state index contributed by atoms with van der Waals surface area (Å²) < 4.78 is 13.1. The third kappa shape index (κ3) is 1.82. The summed E-state index contributed by atoms with van der Waals surface area (Å²) in [5, 5.41) is 9.15. The first kappa shape index (κ1) is 10.4. The van der Waals surface area contributed by atoms with Crippen molar-refractivity contribution in [2.24, 2.45) is 0 Å². The van der Waals surface area contributed by atoms with Gasteiger partial charge >= 0.3 is 0 Å². The zero-order chi connectivity index (χ0) is 11.5. The Hall–Kier alpha value is -2.08. The van der Waals surface area contributed by atoms with E-state index in [4.69, 9.17) is 5.26 Å². The zero-order valence-electron chi connectivity index (χ0n) is 8.87.